The lowest BCUT2D eigenvalue weighted by atomic mass is 10.1. The van der Waals surface area contributed by atoms with Crippen molar-refractivity contribution in [2.24, 2.45) is 0 Å². The van der Waals surface area contributed by atoms with Crippen molar-refractivity contribution in [1.29, 1.82) is 0 Å². The van der Waals surface area contributed by atoms with E-state index in [2.05, 4.69) is 58.2 Å². The summed E-state index contributed by atoms with van der Waals surface area (Å²) >= 11 is 1.69. The molecule has 0 aliphatic heterocycles. The first-order valence-corrected chi connectivity index (χ1v) is 13.6. The van der Waals surface area contributed by atoms with Gasteiger partial charge in [0.05, 0.1) is 30.9 Å². The van der Waals surface area contributed by atoms with Crippen molar-refractivity contribution < 1.29 is 9.53 Å². The van der Waals surface area contributed by atoms with Gasteiger partial charge in [0.1, 0.15) is 5.75 Å². The van der Waals surface area contributed by atoms with E-state index in [1.807, 2.05) is 48.7 Å². The average Bonchev–Trinajstić information content (AvgIpc) is 3.30. The maximum absolute atomic E-state index is 12.7. The van der Waals surface area contributed by atoms with Crippen molar-refractivity contribution >= 4 is 28.7 Å². The van der Waals surface area contributed by atoms with Crippen molar-refractivity contribution in [3.05, 3.63) is 119 Å². The van der Waals surface area contributed by atoms with Gasteiger partial charge in [0.2, 0.25) is 0 Å². The van der Waals surface area contributed by atoms with Gasteiger partial charge in [-0.1, -0.05) is 65.9 Å². The van der Waals surface area contributed by atoms with Gasteiger partial charge in [0, 0.05) is 24.1 Å². The Labute approximate surface area is 227 Å². The molecule has 3 aromatic carbocycles. The first kappa shape index (κ1) is 25.5. The normalized spacial score (nSPS) is 11.0. The topological polar surface area (TPSA) is 69.0 Å². The predicted molar refractivity (Wildman–Crippen MR) is 153 cm³/mol. The maximum atomic E-state index is 12.7. The molecule has 0 bridgehead atoms. The third kappa shape index (κ3) is 6.23. The van der Waals surface area contributed by atoms with E-state index in [-0.39, 0.29) is 5.91 Å². The summed E-state index contributed by atoms with van der Waals surface area (Å²) in [5.74, 6) is 1.58. The van der Waals surface area contributed by atoms with E-state index in [1.165, 1.54) is 16.7 Å². The number of nitrogens with one attached hydrogen (secondary N) is 1. The molecule has 0 aliphatic rings. The van der Waals surface area contributed by atoms with Gasteiger partial charge in [0.25, 0.3) is 5.91 Å². The average molecular weight is 523 g/mol. The van der Waals surface area contributed by atoms with Crippen LogP contribution in [0.2, 0.25) is 0 Å². The Hall–Kier alpha value is -4.10. The number of benzene rings is 3. The summed E-state index contributed by atoms with van der Waals surface area (Å²) in [5.41, 5.74) is 7.31. The summed E-state index contributed by atoms with van der Waals surface area (Å²) < 4.78 is 7.45. The van der Waals surface area contributed by atoms with Gasteiger partial charge in [-0.2, -0.15) is 0 Å². The van der Waals surface area contributed by atoms with Crippen LogP contribution in [0.5, 0.6) is 5.75 Å². The maximum Gasteiger partial charge on any atom is 0.251 e. The van der Waals surface area contributed by atoms with Gasteiger partial charge in [-0.05, 0) is 60.4 Å². The van der Waals surface area contributed by atoms with Crippen molar-refractivity contribution in [2.45, 2.75) is 30.8 Å². The van der Waals surface area contributed by atoms with E-state index >= 15 is 0 Å². The number of rotatable bonds is 10. The van der Waals surface area contributed by atoms with Gasteiger partial charge in [0.15, 0.2) is 5.16 Å². The van der Waals surface area contributed by atoms with Gasteiger partial charge in [-0.25, -0.2) is 4.98 Å². The number of nitrogens with zero attached hydrogens (tertiary/aromatic N) is 3. The van der Waals surface area contributed by atoms with Gasteiger partial charge in [-0.15, -0.1) is 0 Å². The predicted octanol–water partition coefficient (Wildman–Crippen LogP) is 6.06. The first-order chi connectivity index (χ1) is 18.6. The number of carbonyl (C=O) groups is 1. The lowest BCUT2D eigenvalue weighted by Gasteiger charge is -2.10. The summed E-state index contributed by atoms with van der Waals surface area (Å²) in [7, 11) is 1.67. The van der Waals surface area contributed by atoms with Crippen LogP contribution in [0.4, 0.5) is 0 Å². The number of pyridine rings is 1. The number of fused-ring (bicyclic) bond motifs is 1. The van der Waals surface area contributed by atoms with Crippen LogP contribution in [0, 0.1) is 6.92 Å². The van der Waals surface area contributed by atoms with Crippen molar-refractivity contribution in [3.63, 3.8) is 0 Å². The van der Waals surface area contributed by atoms with Crippen LogP contribution in [0.15, 0.2) is 96.4 Å². The number of hydrogen-bond acceptors (Lipinski definition) is 5. The molecule has 0 spiro atoms. The van der Waals surface area contributed by atoms with Gasteiger partial charge >= 0.3 is 0 Å². The summed E-state index contributed by atoms with van der Waals surface area (Å²) in [5, 5.41) is 3.96. The Kier molecular flexibility index (Phi) is 8.04. The molecule has 0 atom stereocenters. The number of imidazole rings is 1. The summed E-state index contributed by atoms with van der Waals surface area (Å²) in [6.45, 7) is 3.32. The summed E-state index contributed by atoms with van der Waals surface area (Å²) in [6.07, 6.45) is 4.43. The lowest BCUT2D eigenvalue weighted by molar-refractivity contribution is 0.0954. The van der Waals surface area contributed by atoms with Crippen LogP contribution in [-0.2, 0) is 18.7 Å². The number of hydrogen-bond donors (Lipinski definition) is 1. The highest BCUT2D eigenvalue weighted by Crippen LogP contribution is 2.28. The highest BCUT2D eigenvalue weighted by atomic mass is 32.2. The third-order valence-corrected chi connectivity index (χ3v) is 7.47. The van der Waals surface area contributed by atoms with Crippen molar-refractivity contribution in [1.82, 2.24) is 19.9 Å². The number of aryl methyl sites for hydroxylation is 1. The van der Waals surface area contributed by atoms with E-state index in [9.17, 15) is 4.79 Å². The SMILES string of the molecule is COc1ccc(CSc2nc3ccncc3n2Cc2ccc(C(=O)NCCc3ccc(C)cc3)cc2)cc1. The van der Waals surface area contributed by atoms with E-state index in [0.29, 0.717) is 18.7 Å². The second-order valence-electron chi connectivity index (χ2n) is 9.17. The number of amides is 1. The number of carbonyl (C=O) groups excluding carboxylic acids is 1. The Bertz CT molecular complexity index is 1510. The van der Waals surface area contributed by atoms with Crippen LogP contribution in [0.1, 0.15) is 32.6 Å². The Morgan fingerprint density at radius 2 is 1.63 bits per heavy atom. The lowest BCUT2D eigenvalue weighted by Crippen LogP contribution is -2.25. The molecule has 192 valence electrons. The van der Waals surface area contributed by atoms with E-state index < -0.39 is 0 Å². The molecule has 0 saturated heterocycles. The number of thioether (sulfide) groups is 1. The first-order valence-electron chi connectivity index (χ1n) is 12.6. The van der Waals surface area contributed by atoms with Gasteiger partial charge in [-0.3, -0.25) is 9.78 Å². The molecule has 2 heterocycles. The second-order valence-corrected chi connectivity index (χ2v) is 10.1. The Morgan fingerprint density at radius 1 is 0.921 bits per heavy atom. The van der Waals surface area contributed by atoms with E-state index in [1.54, 1.807) is 25.1 Å². The fourth-order valence-electron chi connectivity index (χ4n) is 4.20. The molecule has 0 fully saturated rings. The number of aromatic nitrogens is 3. The third-order valence-electron chi connectivity index (χ3n) is 6.42. The molecule has 0 unspecified atom stereocenters. The van der Waals surface area contributed by atoms with E-state index in [4.69, 9.17) is 9.72 Å². The molecule has 2 aromatic heterocycles. The molecule has 1 N–H and O–H groups in total. The zero-order valence-electron chi connectivity index (χ0n) is 21.6. The van der Waals surface area contributed by atoms with Crippen molar-refractivity contribution in [3.8, 4) is 5.75 Å². The second kappa shape index (κ2) is 12.0. The Morgan fingerprint density at radius 3 is 2.37 bits per heavy atom. The number of methoxy groups -OCH3 is 1. The fraction of sp³-hybridized carbons (Fsp3) is 0.194. The molecule has 0 radical (unpaired) electrons. The van der Waals surface area contributed by atoms with Crippen LogP contribution in [0.3, 0.4) is 0 Å². The van der Waals surface area contributed by atoms with E-state index in [0.717, 1.165) is 39.7 Å². The van der Waals surface area contributed by atoms with Crippen LogP contribution in [-0.4, -0.2) is 34.1 Å². The Balaban J connectivity index is 1.24. The summed E-state index contributed by atoms with van der Waals surface area (Å²) in [4.78, 5) is 21.8. The fourth-order valence-corrected chi connectivity index (χ4v) is 5.17. The highest BCUT2D eigenvalue weighted by molar-refractivity contribution is 7.98. The minimum atomic E-state index is -0.0586. The molecule has 1 amide bonds. The molecular weight excluding hydrogens is 492 g/mol. The smallest absolute Gasteiger partial charge is 0.251 e. The molecule has 0 aliphatic carbocycles. The molecule has 6 nitrogen and oxygen atoms in total. The zero-order chi connectivity index (χ0) is 26.3. The highest BCUT2D eigenvalue weighted by Gasteiger charge is 2.13. The quantitative estimate of drug-likeness (QED) is 0.226. The standard InChI is InChI=1S/C31H30N4O2S/c1-22-3-5-23(6-4-22)15-18-33-30(36)26-11-7-24(8-12-26)20-35-29-19-32-17-16-28(29)34-31(35)38-21-25-9-13-27(37-2)14-10-25/h3-14,16-17,19H,15,18,20-21H2,1-2H3,(H,33,36). The molecule has 7 heteroatoms. The van der Waals surface area contributed by atoms with Crippen LogP contribution >= 0.6 is 11.8 Å². The van der Waals surface area contributed by atoms with Crippen LogP contribution in [0.25, 0.3) is 11.0 Å². The summed E-state index contributed by atoms with van der Waals surface area (Å²) in [6, 6.07) is 26.2. The molecule has 38 heavy (non-hydrogen) atoms. The largest absolute Gasteiger partial charge is 0.497 e. The molecule has 0 saturated carbocycles. The minimum Gasteiger partial charge on any atom is -0.497 e. The minimum absolute atomic E-state index is 0.0586. The number of ether oxygens (including phenoxy) is 1. The molecule has 5 aromatic rings. The molecule has 5 rings (SSSR count). The zero-order valence-corrected chi connectivity index (χ0v) is 22.4. The molecular formula is C31H30N4O2S. The van der Waals surface area contributed by atoms with Gasteiger partial charge < -0.3 is 14.6 Å². The van der Waals surface area contributed by atoms with Crippen LogP contribution < -0.4 is 10.1 Å². The monoisotopic (exact) mass is 522 g/mol. The van der Waals surface area contributed by atoms with Crippen molar-refractivity contribution in [2.75, 3.05) is 13.7 Å².